The van der Waals surface area contributed by atoms with Gasteiger partial charge in [-0.3, -0.25) is 14.9 Å². The molecule has 6 nitrogen and oxygen atoms in total. The molecule has 0 saturated carbocycles. The molecular weight excluding hydrogens is 416 g/mol. The topological polar surface area (TPSA) is 84.0 Å². The molecule has 0 aliphatic carbocycles. The average molecular weight is 441 g/mol. The van der Waals surface area contributed by atoms with Gasteiger partial charge in [0.15, 0.2) is 0 Å². The fourth-order valence-corrected chi connectivity index (χ4v) is 4.01. The zero-order chi connectivity index (χ0) is 21.5. The highest BCUT2D eigenvalue weighted by molar-refractivity contribution is 8.00. The minimum absolute atomic E-state index is 0.139. The SMILES string of the molecule is Cc1ccc(NC(=O)CSCC(=O)Nc2nnc(-c3ccc(C(C)C)cc3)s2)cc1. The van der Waals surface area contributed by atoms with Crippen LogP contribution in [-0.4, -0.2) is 33.5 Å². The molecule has 3 rings (SSSR count). The molecule has 0 aliphatic rings. The molecule has 0 aliphatic heterocycles. The van der Waals surface area contributed by atoms with E-state index in [9.17, 15) is 9.59 Å². The van der Waals surface area contributed by atoms with Gasteiger partial charge in [0, 0.05) is 11.3 Å². The van der Waals surface area contributed by atoms with Crippen molar-refractivity contribution in [3.63, 3.8) is 0 Å². The lowest BCUT2D eigenvalue weighted by Gasteiger charge is -2.05. The first-order valence-corrected chi connectivity index (χ1v) is 11.6. The Kier molecular flexibility index (Phi) is 7.59. The molecule has 0 atom stereocenters. The number of nitrogens with zero attached hydrogens (tertiary/aromatic N) is 2. The zero-order valence-electron chi connectivity index (χ0n) is 17.1. The third-order valence-electron chi connectivity index (χ3n) is 4.30. The average Bonchev–Trinajstić information content (AvgIpc) is 3.18. The quantitative estimate of drug-likeness (QED) is 0.518. The van der Waals surface area contributed by atoms with Gasteiger partial charge in [0.1, 0.15) is 5.01 Å². The first-order chi connectivity index (χ1) is 14.4. The molecule has 3 aromatic rings. The summed E-state index contributed by atoms with van der Waals surface area (Å²) >= 11 is 2.58. The lowest BCUT2D eigenvalue weighted by atomic mass is 10.0. The number of carbonyl (C=O) groups is 2. The van der Waals surface area contributed by atoms with E-state index in [-0.39, 0.29) is 23.3 Å². The maximum Gasteiger partial charge on any atom is 0.236 e. The Balaban J connectivity index is 1.44. The highest BCUT2D eigenvalue weighted by atomic mass is 32.2. The second-order valence-electron chi connectivity index (χ2n) is 7.14. The van der Waals surface area contributed by atoms with E-state index in [0.717, 1.165) is 21.8 Å². The van der Waals surface area contributed by atoms with Crippen LogP contribution in [0.25, 0.3) is 10.6 Å². The van der Waals surface area contributed by atoms with Crippen LogP contribution in [0, 0.1) is 6.92 Å². The van der Waals surface area contributed by atoms with E-state index in [1.165, 1.54) is 28.7 Å². The summed E-state index contributed by atoms with van der Waals surface area (Å²) in [4.78, 5) is 24.1. The predicted octanol–water partition coefficient (Wildman–Crippen LogP) is 4.95. The smallest absolute Gasteiger partial charge is 0.236 e. The van der Waals surface area contributed by atoms with Gasteiger partial charge in [0.05, 0.1) is 11.5 Å². The number of hydrogen-bond donors (Lipinski definition) is 2. The minimum atomic E-state index is -0.207. The fourth-order valence-electron chi connectivity index (χ4n) is 2.63. The third kappa shape index (κ3) is 6.40. The van der Waals surface area contributed by atoms with E-state index < -0.39 is 0 Å². The Morgan fingerprint density at radius 2 is 1.57 bits per heavy atom. The number of rotatable bonds is 8. The van der Waals surface area contributed by atoms with Crippen LogP contribution in [0.15, 0.2) is 48.5 Å². The molecule has 1 heterocycles. The maximum absolute atomic E-state index is 12.1. The Labute approximate surface area is 184 Å². The van der Waals surface area contributed by atoms with Gasteiger partial charge in [-0.15, -0.1) is 22.0 Å². The van der Waals surface area contributed by atoms with E-state index in [1.807, 2.05) is 43.3 Å². The largest absolute Gasteiger partial charge is 0.325 e. The molecule has 0 unspecified atom stereocenters. The molecule has 0 saturated heterocycles. The van der Waals surface area contributed by atoms with E-state index in [0.29, 0.717) is 11.0 Å². The summed E-state index contributed by atoms with van der Waals surface area (Å²) in [5.41, 5.74) is 4.12. The molecule has 2 amide bonds. The van der Waals surface area contributed by atoms with Crippen molar-refractivity contribution in [2.75, 3.05) is 22.1 Å². The molecule has 0 fully saturated rings. The number of benzene rings is 2. The van der Waals surface area contributed by atoms with Crippen LogP contribution < -0.4 is 10.6 Å². The van der Waals surface area contributed by atoms with Crippen molar-refractivity contribution in [1.82, 2.24) is 10.2 Å². The van der Waals surface area contributed by atoms with Crippen LogP contribution in [-0.2, 0) is 9.59 Å². The minimum Gasteiger partial charge on any atom is -0.325 e. The molecule has 30 heavy (non-hydrogen) atoms. The Morgan fingerprint density at radius 3 is 2.20 bits per heavy atom. The van der Waals surface area contributed by atoms with Crippen molar-refractivity contribution >= 4 is 45.7 Å². The molecule has 0 bridgehead atoms. The lowest BCUT2D eigenvalue weighted by Crippen LogP contribution is -2.18. The maximum atomic E-state index is 12.1. The predicted molar refractivity (Wildman–Crippen MR) is 125 cm³/mol. The molecule has 2 aromatic carbocycles. The highest BCUT2D eigenvalue weighted by Gasteiger charge is 2.11. The molecule has 2 N–H and O–H groups in total. The van der Waals surface area contributed by atoms with Crippen LogP contribution in [0.4, 0.5) is 10.8 Å². The summed E-state index contributed by atoms with van der Waals surface area (Å²) in [6.45, 7) is 6.29. The molecule has 0 spiro atoms. The standard InChI is InChI=1S/C22H24N4O2S2/c1-14(2)16-6-8-17(9-7-16)21-25-26-22(30-21)24-20(28)13-29-12-19(27)23-18-10-4-15(3)5-11-18/h4-11,14H,12-13H2,1-3H3,(H,23,27)(H,24,26,28). The van der Waals surface area contributed by atoms with E-state index >= 15 is 0 Å². The molecule has 8 heteroatoms. The molecule has 156 valence electrons. The lowest BCUT2D eigenvalue weighted by molar-refractivity contribution is -0.114. The van der Waals surface area contributed by atoms with Crippen molar-refractivity contribution < 1.29 is 9.59 Å². The van der Waals surface area contributed by atoms with Gasteiger partial charge in [0.25, 0.3) is 0 Å². The summed E-state index contributed by atoms with van der Waals surface area (Å²) in [7, 11) is 0. The monoisotopic (exact) mass is 440 g/mol. The van der Waals surface area contributed by atoms with Crippen LogP contribution >= 0.6 is 23.1 Å². The van der Waals surface area contributed by atoms with Crippen molar-refractivity contribution in [3.05, 3.63) is 59.7 Å². The van der Waals surface area contributed by atoms with E-state index in [4.69, 9.17) is 0 Å². The van der Waals surface area contributed by atoms with Crippen LogP contribution in [0.2, 0.25) is 0 Å². The van der Waals surface area contributed by atoms with Gasteiger partial charge in [-0.25, -0.2) is 0 Å². The third-order valence-corrected chi connectivity index (χ3v) is 6.12. The van der Waals surface area contributed by atoms with E-state index in [2.05, 4.69) is 46.8 Å². The molecule has 1 aromatic heterocycles. The molecule has 0 radical (unpaired) electrons. The molecular formula is C22H24N4O2S2. The second-order valence-corrected chi connectivity index (χ2v) is 9.11. The van der Waals surface area contributed by atoms with Crippen LogP contribution in [0.3, 0.4) is 0 Å². The first-order valence-electron chi connectivity index (χ1n) is 9.58. The fraction of sp³-hybridized carbons (Fsp3) is 0.273. The van der Waals surface area contributed by atoms with Gasteiger partial charge in [-0.2, -0.15) is 0 Å². The van der Waals surface area contributed by atoms with Crippen molar-refractivity contribution in [1.29, 1.82) is 0 Å². The zero-order valence-corrected chi connectivity index (χ0v) is 18.8. The van der Waals surface area contributed by atoms with Crippen molar-refractivity contribution in [2.45, 2.75) is 26.7 Å². The highest BCUT2D eigenvalue weighted by Crippen LogP contribution is 2.27. The Morgan fingerprint density at radius 1 is 0.933 bits per heavy atom. The first kappa shape index (κ1) is 22.0. The summed E-state index contributed by atoms with van der Waals surface area (Å²) in [5.74, 6) is 0.491. The van der Waals surface area contributed by atoms with Gasteiger partial charge in [0.2, 0.25) is 16.9 Å². The Hall–Kier alpha value is -2.71. The summed E-state index contributed by atoms with van der Waals surface area (Å²) in [6.07, 6.45) is 0. The van der Waals surface area contributed by atoms with Gasteiger partial charge < -0.3 is 5.32 Å². The number of carbonyl (C=O) groups excluding carboxylic acids is 2. The van der Waals surface area contributed by atoms with Crippen LogP contribution in [0.5, 0.6) is 0 Å². The van der Waals surface area contributed by atoms with Gasteiger partial charge in [-0.1, -0.05) is 67.1 Å². The van der Waals surface area contributed by atoms with Crippen molar-refractivity contribution in [2.24, 2.45) is 0 Å². The number of nitrogens with one attached hydrogen (secondary N) is 2. The summed E-state index contributed by atoms with van der Waals surface area (Å²) in [6, 6.07) is 15.8. The van der Waals surface area contributed by atoms with Gasteiger partial charge >= 0.3 is 0 Å². The van der Waals surface area contributed by atoms with Crippen LogP contribution in [0.1, 0.15) is 30.9 Å². The number of amides is 2. The number of aromatic nitrogens is 2. The van der Waals surface area contributed by atoms with Gasteiger partial charge in [-0.05, 0) is 30.5 Å². The summed E-state index contributed by atoms with van der Waals surface area (Å²) in [5, 5.41) is 15.0. The number of anilines is 2. The van der Waals surface area contributed by atoms with Crippen molar-refractivity contribution in [3.8, 4) is 10.6 Å². The number of thioether (sulfide) groups is 1. The number of hydrogen-bond acceptors (Lipinski definition) is 6. The number of aryl methyl sites for hydroxylation is 1. The summed E-state index contributed by atoms with van der Waals surface area (Å²) < 4.78 is 0. The second kappa shape index (κ2) is 10.4. The normalized spacial score (nSPS) is 10.8. The Bertz CT molecular complexity index is 999. The van der Waals surface area contributed by atoms with E-state index in [1.54, 1.807) is 0 Å².